The Morgan fingerprint density at radius 1 is 1.08 bits per heavy atom. The lowest BCUT2D eigenvalue weighted by Crippen LogP contribution is -2.24. The topological polar surface area (TPSA) is 113 Å². The molecule has 0 heterocycles. The van der Waals surface area contributed by atoms with Gasteiger partial charge in [-0.15, -0.1) is 0 Å². The van der Waals surface area contributed by atoms with Crippen molar-refractivity contribution >= 4 is 39.6 Å². The molecule has 12 heteroatoms. The zero-order valence-corrected chi connectivity index (χ0v) is 22.1. The lowest BCUT2D eigenvalue weighted by atomic mass is 10.1. The van der Waals surface area contributed by atoms with Crippen molar-refractivity contribution in [1.29, 1.82) is 5.26 Å². The summed E-state index contributed by atoms with van der Waals surface area (Å²) >= 11 is 3.44. The van der Waals surface area contributed by atoms with Crippen LogP contribution < -0.4 is 20.2 Å². The molecule has 0 unspecified atom stereocenters. The van der Waals surface area contributed by atoms with Gasteiger partial charge >= 0.3 is 6.18 Å². The van der Waals surface area contributed by atoms with Gasteiger partial charge in [-0.1, -0.05) is 24.3 Å². The summed E-state index contributed by atoms with van der Waals surface area (Å²) in [6.07, 6.45) is -3.89. The first kappa shape index (κ1) is 29.2. The van der Waals surface area contributed by atoms with Crippen molar-refractivity contribution in [1.82, 2.24) is 5.43 Å². The van der Waals surface area contributed by atoms with Crippen LogP contribution in [0, 0.1) is 11.3 Å². The fraction of sp³-hybridized carbons (Fsp3) is 0.185. The molecule has 0 aliphatic carbocycles. The van der Waals surface area contributed by atoms with Crippen LogP contribution in [0.2, 0.25) is 0 Å². The van der Waals surface area contributed by atoms with Gasteiger partial charge in [0.25, 0.3) is 0 Å². The lowest BCUT2D eigenvalue weighted by Gasteiger charge is -2.15. The number of halogens is 4. The van der Waals surface area contributed by atoms with Gasteiger partial charge in [0.05, 0.1) is 34.5 Å². The molecule has 0 radical (unpaired) electrons. The second-order valence-electron chi connectivity index (χ2n) is 7.92. The SMILES string of the molecule is CCOc1cc(C=NNC(=O)CC(=O)Nc2cccc(C(F)(F)F)c2)cc(Br)c1OCc1ccccc1C#N. The maximum Gasteiger partial charge on any atom is 0.416 e. The number of carbonyl (C=O) groups excluding carboxylic acids is 2. The van der Waals surface area contributed by atoms with Crippen molar-refractivity contribution in [3.8, 4) is 17.6 Å². The highest BCUT2D eigenvalue weighted by molar-refractivity contribution is 9.10. The Morgan fingerprint density at radius 3 is 2.56 bits per heavy atom. The maximum atomic E-state index is 12.8. The third-order valence-corrected chi connectivity index (χ3v) is 5.63. The second kappa shape index (κ2) is 13.4. The molecule has 0 saturated carbocycles. The first-order valence-electron chi connectivity index (χ1n) is 11.5. The Labute approximate surface area is 230 Å². The molecule has 39 heavy (non-hydrogen) atoms. The Kier molecular flexibility index (Phi) is 10.1. The van der Waals surface area contributed by atoms with Crippen LogP contribution >= 0.6 is 15.9 Å². The smallest absolute Gasteiger partial charge is 0.416 e. The zero-order valence-electron chi connectivity index (χ0n) is 20.5. The number of hydrazone groups is 1. The van der Waals surface area contributed by atoms with E-state index in [9.17, 15) is 28.0 Å². The van der Waals surface area contributed by atoms with E-state index in [1.54, 1.807) is 43.3 Å². The van der Waals surface area contributed by atoms with Gasteiger partial charge in [0.15, 0.2) is 11.5 Å². The van der Waals surface area contributed by atoms with Crippen LogP contribution in [0.1, 0.15) is 35.6 Å². The molecule has 3 rings (SSSR count). The van der Waals surface area contributed by atoms with Crippen LogP contribution in [-0.2, 0) is 22.4 Å². The Hall–Kier alpha value is -4.37. The minimum absolute atomic E-state index is 0.0853. The molecule has 0 aromatic heterocycles. The summed E-state index contributed by atoms with van der Waals surface area (Å²) in [6.45, 7) is 2.28. The Balaban J connectivity index is 1.61. The number of ether oxygens (including phenoxy) is 2. The number of carbonyl (C=O) groups is 2. The van der Waals surface area contributed by atoms with Gasteiger partial charge in [0.2, 0.25) is 11.8 Å². The van der Waals surface area contributed by atoms with E-state index in [1.165, 1.54) is 12.3 Å². The van der Waals surface area contributed by atoms with Gasteiger partial charge in [-0.05, 0) is 64.8 Å². The molecule has 0 aliphatic heterocycles. The molecule has 2 amide bonds. The van der Waals surface area contributed by atoms with Crippen molar-refractivity contribution in [2.24, 2.45) is 5.10 Å². The first-order valence-corrected chi connectivity index (χ1v) is 12.3. The average molecular weight is 603 g/mol. The van der Waals surface area contributed by atoms with Crippen molar-refractivity contribution in [2.45, 2.75) is 26.1 Å². The highest BCUT2D eigenvalue weighted by Gasteiger charge is 2.30. The van der Waals surface area contributed by atoms with E-state index in [0.29, 0.717) is 39.3 Å². The predicted molar refractivity (Wildman–Crippen MR) is 141 cm³/mol. The molecule has 0 bridgehead atoms. The molecule has 2 N–H and O–H groups in total. The summed E-state index contributed by atoms with van der Waals surface area (Å²) in [4.78, 5) is 24.1. The fourth-order valence-electron chi connectivity index (χ4n) is 3.31. The van der Waals surface area contributed by atoms with Crippen LogP contribution in [0.3, 0.4) is 0 Å². The second-order valence-corrected chi connectivity index (χ2v) is 8.77. The number of hydrogen-bond donors (Lipinski definition) is 2. The minimum atomic E-state index is -4.56. The molecule has 0 aliphatic rings. The molecule has 0 atom stereocenters. The van der Waals surface area contributed by atoms with Crippen LogP contribution in [0.15, 0.2) is 70.2 Å². The van der Waals surface area contributed by atoms with Crippen molar-refractivity contribution in [3.05, 3.63) is 87.4 Å². The monoisotopic (exact) mass is 602 g/mol. The van der Waals surface area contributed by atoms with E-state index in [2.05, 4.69) is 37.8 Å². The average Bonchev–Trinajstić information content (AvgIpc) is 2.88. The van der Waals surface area contributed by atoms with Crippen molar-refractivity contribution in [3.63, 3.8) is 0 Å². The molecule has 0 fully saturated rings. The minimum Gasteiger partial charge on any atom is -0.490 e. The Bertz CT molecular complexity index is 1420. The number of anilines is 1. The first-order chi connectivity index (χ1) is 18.6. The summed E-state index contributed by atoms with van der Waals surface area (Å²) in [5.41, 5.74) is 2.93. The normalized spacial score (nSPS) is 11.1. The summed E-state index contributed by atoms with van der Waals surface area (Å²) < 4.78 is 50.6. The van der Waals surface area contributed by atoms with Gasteiger partial charge in [-0.2, -0.15) is 23.5 Å². The summed E-state index contributed by atoms with van der Waals surface area (Å²) in [7, 11) is 0. The van der Waals surface area contributed by atoms with Crippen molar-refractivity contribution in [2.75, 3.05) is 11.9 Å². The molecule has 0 saturated heterocycles. The quantitative estimate of drug-likeness (QED) is 0.173. The largest absolute Gasteiger partial charge is 0.490 e. The maximum absolute atomic E-state index is 12.8. The molecular weight excluding hydrogens is 581 g/mol. The number of nitriles is 1. The van der Waals surface area contributed by atoms with Crippen LogP contribution in [0.4, 0.5) is 18.9 Å². The van der Waals surface area contributed by atoms with E-state index >= 15 is 0 Å². The van der Waals surface area contributed by atoms with Crippen LogP contribution in [0.25, 0.3) is 0 Å². The van der Waals surface area contributed by atoms with Crippen molar-refractivity contribution < 1.29 is 32.2 Å². The van der Waals surface area contributed by atoms with Crippen LogP contribution in [-0.4, -0.2) is 24.6 Å². The molecule has 3 aromatic carbocycles. The number of nitrogens with zero attached hydrogens (tertiary/aromatic N) is 2. The molecule has 202 valence electrons. The van der Waals surface area contributed by atoms with Gasteiger partial charge < -0.3 is 14.8 Å². The van der Waals surface area contributed by atoms with E-state index in [-0.39, 0.29) is 12.3 Å². The standard InChI is InChI=1S/C27H22BrF3N4O4/c1-2-38-23-11-17(10-22(28)26(23)39-16-19-7-4-3-6-18(19)14-32)15-33-35-25(37)13-24(36)34-21-9-5-8-20(12-21)27(29,30)31/h3-12,15H,2,13,16H2,1H3,(H,34,36)(H,35,37). The number of nitrogens with one attached hydrogen (secondary N) is 2. The van der Waals surface area contributed by atoms with Crippen LogP contribution in [0.5, 0.6) is 11.5 Å². The van der Waals surface area contributed by atoms with Gasteiger partial charge in [-0.3, -0.25) is 9.59 Å². The van der Waals surface area contributed by atoms with Gasteiger partial charge in [0.1, 0.15) is 13.0 Å². The lowest BCUT2D eigenvalue weighted by molar-refractivity contribution is -0.137. The van der Waals surface area contributed by atoms with E-state index in [1.807, 2.05) is 0 Å². The van der Waals surface area contributed by atoms with E-state index in [0.717, 1.165) is 18.2 Å². The van der Waals surface area contributed by atoms with Gasteiger partial charge in [-0.25, -0.2) is 5.43 Å². The number of rotatable bonds is 10. The predicted octanol–water partition coefficient (Wildman–Crippen LogP) is 5.80. The third kappa shape index (κ3) is 8.58. The number of hydrogen-bond acceptors (Lipinski definition) is 6. The summed E-state index contributed by atoms with van der Waals surface area (Å²) in [5, 5.41) is 15.4. The molecular formula is C27H22BrF3N4O4. The molecule has 0 spiro atoms. The molecule has 3 aromatic rings. The fourth-order valence-corrected chi connectivity index (χ4v) is 3.89. The molecule has 8 nitrogen and oxygen atoms in total. The summed E-state index contributed by atoms with van der Waals surface area (Å²) in [6, 6.07) is 16.6. The summed E-state index contributed by atoms with van der Waals surface area (Å²) in [5.74, 6) is -0.759. The number of benzene rings is 3. The van der Waals surface area contributed by atoms with E-state index in [4.69, 9.17) is 9.47 Å². The number of amides is 2. The zero-order chi connectivity index (χ0) is 28.4. The van der Waals surface area contributed by atoms with Gasteiger partial charge in [0, 0.05) is 11.3 Å². The highest BCUT2D eigenvalue weighted by atomic mass is 79.9. The Morgan fingerprint density at radius 2 is 1.85 bits per heavy atom. The highest BCUT2D eigenvalue weighted by Crippen LogP contribution is 2.37. The van der Waals surface area contributed by atoms with E-state index < -0.39 is 30.0 Å². The number of alkyl halides is 3. The third-order valence-electron chi connectivity index (χ3n) is 5.04.